The van der Waals surface area contributed by atoms with Crippen molar-refractivity contribution in [2.45, 2.75) is 53.0 Å². The third kappa shape index (κ3) is 4.76. The SMILES string of the molecule is C=Cc1cc(C#N)ccc1NC(C)c1cc(C)cc2c1CC(N1CCC(C)(C)CC1)=CC2=C. The van der Waals surface area contributed by atoms with Gasteiger partial charge in [-0.2, -0.15) is 5.26 Å². The van der Waals surface area contributed by atoms with Gasteiger partial charge in [-0.1, -0.05) is 50.8 Å². The van der Waals surface area contributed by atoms with Gasteiger partial charge in [0, 0.05) is 36.9 Å². The molecule has 1 aliphatic carbocycles. The van der Waals surface area contributed by atoms with Crippen LogP contribution in [0.15, 0.2) is 55.3 Å². The number of hydrogen-bond donors (Lipinski definition) is 1. The van der Waals surface area contributed by atoms with Crippen molar-refractivity contribution in [1.82, 2.24) is 4.90 Å². The van der Waals surface area contributed by atoms with Gasteiger partial charge in [0.15, 0.2) is 0 Å². The van der Waals surface area contributed by atoms with Crippen LogP contribution in [0.1, 0.15) is 73.0 Å². The van der Waals surface area contributed by atoms with E-state index < -0.39 is 0 Å². The monoisotopic (exact) mass is 437 g/mol. The Balaban J connectivity index is 1.64. The summed E-state index contributed by atoms with van der Waals surface area (Å²) in [4.78, 5) is 2.57. The summed E-state index contributed by atoms with van der Waals surface area (Å²) in [5.41, 5.74) is 10.7. The molecule has 1 saturated heterocycles. The zero-order valence-electron chi connectivity index (χ0n) is 20.5. The average Bonchev–Trinajstić information content (AvgIpc) is 2.79. The van der Waals surface area contributed by atoms with Crippen LogP contribution in [0.25, 0.3) is 11.6 Å². The molecular weight excluding hydrogens is 402 g/mol. The van der Waals surface area contributed by atoms with Gasteiger partial charge in [-0.05, 0) is 84.2 Å². The minimum absolute atomic E-state index is 0.109. The second-order valence-corrected chi connectivity index (χ2v) is 10.4. The quantitative estimate of drug-likeness (QED) is 0.535. The van der Waals surface area contributed by atoms with Crippen molar-refractivity contribution in [3.05, 3.63) is 88.6 Å². The summed E-state index contributed by atoms with van der Waals surface area (Å²) in [6, 6.07) is 12.6. The maximum atomic E-state index is 9.23. The van der Waals surface area contributed by atoms with Gasteiger partial charge in [-0.3, -0.25) is 0 Å². The fourth-order valence-electron chi connectivity index (χ4n) is 5.07. The Labute approximate surface area is 199 Å². The van der Waals surface area contributed by atoms with Crippen molar-refractivity contribution in [2.75, 3.05) is 18.4 Å². The summed E-state index contributed by atoms with van der Waals surface area (Å²) >= 11 is 0. The first-order chi connectivity index (χ1) is 15.7. The number of nitrogens with one attached hydrogen (secondary N) is 1. The molecule has 0 bridgehead atoms. The summed E-state index contributed by atoms with van der Waals surface area (Å²) in [6.45, 7) is 19.7. The van der Waals surface area contributed by atoms with Gasteiger partial charge in [0.25, 0.3) is 0 Å². The van der Waals surface area contributed by atoms with Crippen LogP contribution in [-0.4, -0.2) is 18.0 Å². The standard InChI is InChI=1S/C30H35N3/c1-7-24-17-23(19-31)8-9-29(24)32-22(4)27-15-20(2)14-26-21(3)16-25(18-28(26)27)33-12-10-30(5,6)11-13-33/h7-9,14-17,22,32H,1,3,10-13,18H2,2,4-6H3. The number of hydrogen-bond acceptors (Lipinski definition) is 3. The van der Waals surface area contributed by atoms with E-state index in [1.807, 2.05) is 24.3 Å². The molecule has 1 aliphatic heterocycles. The summed E-state index contributed by atoms with van der Waals surface area (Å²) in [5.74, 6) is 0. The topological polar surface area (TPSA) is 39.1 Å². The lowest BCUT2D eigenvalue weighted by Gasteiger charge is -2.41. The molecule has 1 heterocycles. The third-order valence-corrected chi connectivity index (χ3v) is 7.24. The second-order valence-electron chi connectivity index (χ2n) is 10.4. The minimum Gasteiger partial charge on any atom is -0.378 e. The molecule has 2 aromatic rings. The second kappa shape index (κ2) is 8.94. The summed E-state index contributed by atoms with van der Waals surface area (Å²) in [6.07, 6.45) is 7.51. The van der Waals surface area contributed by atoms with Crippen LogP contribution in [0.4, 0.5) is 5.69 Å². The Hall–Kier alpha value is -3.25. The number of fused-ring (bicyclic) bond motifs is 1. The van der Waals surface area contributed by atoms with Crippen molar-refractivity contribution in [2.24, 2.45) is 5.41 Å². The number of nitrogens with zero attached hydrogens (tertiary/aromatic N) is 2. The number of piperidine rings is 1. The maximum absolute atomic E-state index is 9.23. The van der Waals surface area contributed by atoms with E-state index in [1.165, 1.54) is 40.8 Å². The van der Waals surface area contributed by atoms with Gasteiger partial charge in [0.1, 0.15) is 0 Å². The first kappa shape index (κ1) is 22.9. The minimum atomic E-state index is 0.109. The van der Waals surface area contributed by atoms with Crippen molar-refractivity contribution < 1.29 is 0 Å². The van der Waals surface area contributed by atoms with Crippen LogP contribution in [0.5, 0.6) is 0 Å². The molecule has 0 aromatic heterocycles. The van der Waals surface area contributed by atoms with Crippen molar-refractivity contribution in [1.29, 1.82) is 5.26 Å². The Kier molecular flexibility index (Phi) is 6.21. The molecule has 3 heteroatoms. The molecule has 1 fully saturated rings. The molecule has 0 saturated carbocycles. The molecule has 4 rings (SSSR count). The van der Waals surface area contributed by atoms with E-state index in [0.717, 1.165) is 36.3 Å². The van der Waals surface area contributed by atoms with Crippen molar-refractivity contribution >= 4 is 17.3 Å². The van der Waals surface area contributed by atoms with E-state index in [2.05, 4.69) is 75.3 Å². The largest absolute Gasteiger partial charge is 0.378 e. The van der Waals surface area contributed by atoms with Crippen LogP contribution < -0.4 is 5.32 Å². The molecule has 0 radical (unpaired) electrons. The summed E-state index contributed by atoms with van der Waals surface area (Å²) < 4.78 is 0. The molecule has 1 atom stereocenters. The Morgan fingerprint density at radius 3 is 2.58 bits per heavy atom. The van der Waals surface area contributed by atoms with Crippen LogP contribution in [0, 0.1) is 23.7 Å². The number of likely N-dealkylation sites (tertiary alicyclic amines) is 1. The first-order valence-electron chi connectivity index (χ1n) is 11.9. The summed E-state index contributed by atoms with van der Waals surface area (Å²) in [5, 5.41) is 12.9. The van der Waals surface area contributed by atoms with Gasteiger partial charge in [0.2, 0.25) is 0 Å². The lowest BCUT2D eigenvalue weighted by molar-refractivity contribution is 0.160. The molecule has 170 valence electrons. The zero-order chi connectivity index (χ0) is 23.8. The Bertz CT molecular complexity index is 1170. The number of allylic oxidation sites excluding steroid dienone is 3. The predicted octanol–water partition coefficient (Wildman–Crippen LogP) is 7.26. The number of rotatable bonds is 5. The van der Waals surface area contributed by atoms with Crippen LogP contribution in [0.3, 0.4) is 0 Å². The predicted molar refractivity (Wildman–Crippen MR) is 140 cm³/mol. The summed E-state index contributed by atoms with van der Waals surface area (Å²) in [7, 11) is 0. The Morgan fingerprint density at radius 2 is 1.91 bits per heavy atom. The van der Waals surface area contributed by atoms with Gasteiger partial charge >= 0.3 is 0 Å². The highest BCUT2D eigenvalue weighted by atomic mass is 15.1. The van der Waals surface area contributed by atoms with Crippen LogP contribution in [0.2, 0.25) is 0 Å². The lowest BCUT2D eigenvalue weighted by atomic mass is 9.80. The van der Waals surface area contributed by atoms with E-state index in [1.54, 1.807) is 0 Å². The number of benzene rings is 2. The first-order valence-corrected chi connectivity index (χ1v) is 11.9. The molecule has 0 spiro atoms. The van der Waals surface area contributed by atoms with E-state index >= 15 is 0 Å². The van der Waals surface area contributed by atoms with Crippen LogP contribution in [-0.2, 0) is 6.42 Å². The van der Waals surface area contributed by atoms with E-state index in [4.69, 9.17) is 0 Å². The Morgan fingerprint density at radius 1 is 1.18 bits per heavy atom. The normalized spacial score (nSPS) is 18.1. The van der Waals surface area contributed by atoms with Gasteiger partial charge in [-0.15, -0.1) is 0 Å². The van der Waals surface area contributed by atoms with E-state index in [0.29, 0.717) is 11.0 Å². The number of anilines is 1. The van der Waals surface area contributed by atoms with Gasteiger partial charge in [-0.25, -0.2) is 0 Å². The van der Waals surface area contributed by atoms with E-state index in [-0.39, 0.29) is 6.04 Å². The van der Waals surface area contributed by atoms with Gasteiger partial charge in [0.05, 0.1) is 11.6 Å². The highest BCUT2D eigenvalue weighted by Gasteiger charge is 2.29. The van der Waals surface area contributed by atoms with Crippen LogP contribution >= 0.6 is 0 Å². The zero-order valence-corrected chi connectivity index (χ0v) is 20.5. The molecule has 2 aliphatic rings. The molecular formula is C30H35N3. The highest BCUT2D eigenvalue weighted by Crippen LogP contribution is 2.39. The maximum Gasteiger partial charge on any atom is 0.0991 e. The molecule has 3 nitrogen and oxygen atoms in total. The molecule has 1 N–H and O–H groups in total. The fourth-order valence-corrected chi connectivity index (χ4v) is 5.07. The lowest BCUT2D eigenvalue weighted by Crippen LogP contribution is -2.37. The number of aryl methyl sites for hydroxylation is 1. The molecule has 2 aromatic carbocycles. The molecule has 1 unspecified atom stereocenters. The third-order valence-electron chi connectivity index (χ3n) is 7.24. The molecule has 0 amide bonds. The number of nitriles is 1. The van der Waals surface area contributed by atoms with Gasteiger partial charge < -0.3 is 10.2 Å². The average molecular weight is 438 g/mol. The smallest absolute Gasteiger partial charge is 0.0991 e. The van der Waals surface area contributed by atoms with Crippen molar-refractivity contribution in [3.63, 3.8) is 0 Å². The fraction of sp³-hybridized carbons (Fsp3) is 0.367. The van der Waals surface area contributed by atoms with Crippen molar-refractivity contribution in [3.8, 4) is 6.07 Å². The van der Waals surface area contributed by atoms with E-state index in [9.17, 15) is 5.26 Å². The highest BCUT2D eigenvalue weighted by molar-refractivity contribution is 5.79. The molecule has 33 heavy (non-hydrogen) atoms.